The first-order chi connectivity index (χ1) is 12.0. The van der Waals surface area contributed by atoms with Crippen LogP contribution < -0.4 is 10.3 Å². The summed E-state index contributed by atoms with van der Waals surface area (Å²) < 4.78 is 19.8. The first-order valence-corrected chi connectivity index (χ1v) is 7.34. The third-order valence-electron chi connectivity index (χ3n) is 3.41. The molecule has 0 saturated carbocycles. The third-order valence-corrected chi connectivity index (χ3v) is 3.41. The Morgan fingerprint density at radius 2 is 1.88 bits per heavy atom. The molecule has 3 rings (SSSR count). The predicted octanol–water partition coefficient (Wildman–Crippen LogP) is 2.65. The van der Waals surface area contributed by atoms with Gasteiger partial charge in [-0.1, -0.05) is 12.1 Å². The highest BCUT2D eigenvalue weighted by atomic mass is 19.1. The topological polar surface area (TPSA) is 81.4 Å². The lowest BCUT2D eigenvalue weighted by Gasteiger charge is -2.09. The number of carbonyl (C=O) groups is 1. The van der Waals surface area contributed by atoms with Crippen molar-refractivity contribution in [1.29, 1.82) is 0 Å². The van der Waals surface area contributed by atoms with Gasteiger partial charge in [-0.3, -0.25) is 4.79 Å². The Bertz CT molecular complexity index is 967. The van der Waals surface area contributed by atoms with Crippen molar-refractivity contribution in [3.05, 3.63) is 88.0 Å². The number of rotatable bonds is 5. The second-order valence-corrected chi connectivity index (χ2v) is 5.19. The molecular formula is C18H13FN2O4. The number of hydrogen-bond acceptors (Lipinski definition) is 4. The van der Waals surface area contributed by atoms with Crippen LogP contribution in [0.15, 0.2) is 65.5 Å². The molecule has 25 heavy (non-hydrogen) atoms. The summed E-state index contributed by atoms with van der Waals surface area (Å²) in [5.41, 5.74) is 0.757. The summed E-state index contributed by atoms with van der Waals surface area (Å²) in [6, 6.07) is 14.4. The molecule has 126 valence electrons. The molecule has 7 heteroatoms. The molecule has 0 aliphatic rings. The molecule has 6 nitrogen and oxygen atoms in total. The summed E-state index contributed by atoms with van der Waals surface area (Å²) in [7, 11) is 0. The van der Waals surface area contributed by atoms with Crippen molar-refractivity contribution in [2.75, 3.05) is 0 Å². The van der Waals surface area contributed by atoms with Gasteiger partial charge in [-0.2, -0.15) is 4.68 Å². The second-order valence-electron chi connectivity index (χ2n) is 5.19. The second kappa shape index (κ2) is 6.96. The number of hydrogen-bond donors (Lipinski definition) is 1. The summed E-state index contributed by atoms with van der Waals surface area (Å²) in [6.07, 6.45) is 0. The molecule has 3 aromatic rings. The fourth-order valence-electron chi connectivity index (χ4n) is 2.19. The van der Waals surface area contributed by atoms with Gasteiger partial charge in [0, 0.05) is 12.1 Å². The zero-order chi connectivity index (χ0) is 17.8. The van der Waals surface area contributed by atoms with Gasteiger partial charge in [-0.25, -0.2) is 9.18 Å². The number of carboxylic acids is 1. The highest BCUT2D eigenvalue weighted by molar-refractivity contribution is 5.87. The van der Waals surface area contributed by atoms with E-state index < -0.39 is 5.97 Å². The zero-order valence-corrected chi connectivity index (χ0v) is 12.9. The lowest BCUT2D eigenvalue weighted by molar-refractivity contribution is 0.0697. The van der Waals surface area contributed by atoms with E-state index in [1.807, 2.05) is 0 Å². The Hall–Kier alpha value is -3.48. The maximum atomic E-state index is 13.2. The van der Waals surface area contributed by atoms with Crippen LogP contribution in [0.25, 0.3) is 5.69 Å². The van der Waals surface area contributed by atoms with Gasteiger partial charge < -0.3 is 9.84 Å². The predicted molar refractivity (Wildman–Crippen MR) is 87.5 cm³/mol. The van der Waals surface area contributed by atoms with Crippen molar-refractivity contribution in [3.63, 3.8) is 0 Å². The van der Waals surface area contributed by atoms with Crippen molar-refractivity contribution in [3.8, 4) is 11.6 Å². The molecule has 0 amide bonds. The largest absolute Gasteiger partial charge is 0.478 e. The van der Waals surface area contributed by atoms with E-state index in [4.69, 9.17) is 9.84 Å². The molecule has 0 aliphatic carbocycles. The van der Waals surface area contributed by atoms with Crippen LogP contribution in [0.2, 0.25) is 0 Å². The maximum absolute atomic E-state index is 13.2. The van der Waals surface area contributed by atoms with Crippen LogP contribution in [-0.4, -0.2) is 20.9 Å². The third kappa shape index (κ3) is 3.89. The van der Waals surface area contributed by atoms with Crippen molar-refractivity contribution < 1.29 is 19.0 Å². The minimum atomic E-state index is -1.06. The molecule has 0 spiro atoms. The van der Waals surface area contributed by atoms with Crippen LogP contribution in [-0.2, 0) is 6.61 Å². The van der Waals surface area contributed by atoms with Crippen molar-refractivity contribution >= 4 is 5.97 Å². The van der Waals surface area contributed by atoms with E-state index in [1.165, 1.54) is 48.5 Å². The summed E-state index contributed by atoms with van der Waals surface area (Å²) in [5, 5.41) is 13.0. The van der Waals surface area contributed by atoms with Gasteiger partial charge in [0.1, 0.15) is 12.4 Å². The molecular weight excluding hydrogens is 327 g/mol. The van der Waals surface area contributed by atoms with Crippen LogP contribution >= 0.6 is 0 Å². The Kier molecular flexibility index (Phi) is 4.56. The highest BCUT2D eigenvalue weighted by Gasteiger charge is 2.07. The number of aromatic nitrogens is 2. The minimum absolute atomic E-state index is 0.0981. The first kappa shape index (κ1) is 16.4. The molecule has 0 unspecified atom stereocenters. The Morgan fingerprint density at radius 1 is 1.12 bits per heavy atom. The van der Waals surface area contributed by atoms with Gasteiger partial charge in [-0.05, 0) is 42.0 Å². The number of ether oxygens (including phenoxy) is 1. The number of aromatic carboxylic acids is 1. The average Bonchev–Trinajstić information content (AvgIpc) is 2.61. The van der Waals surface area contributed by atoms with E-state index >= 15 is 0 Å². The molecule has 1 aromatic heterocycles. The molecule has 0 bridgehead atoms. The SMILES string of the molecule is O=C(O)c1ccc(-n2nc(OCc3cccc(F)c3)ccc2=O)cc1. The summed E-state index contributed by atoms with van der Waals surface area (Å²) in [5.74, 6) is -1.23. The van der Waals surface area contributed by atoms with E-state index in [0.29, 0.717) is 11.3 Å². The monoisotopic (exact) mass is 340 g/mol. The fourth-order valence-corrected chi connectivity index (χ4v) is 2.19. The number of carboxylic acid groups (broad SMARTS) is 1. The van der Waals surface area contributed by atoms with Gasteiger partial charge in [0.05, 0.1) is 11.3 Å². The molecule has 0 atom stereocenters. The van der Waals surface area contributed by atoms with Crippen LogP contribution in [0.1, 0.15) is 15.9 Å². The maximum Gasteiger partial charge on any atom is 0.335 e. The lowest BCUT2D eigenvalue weighted by atomic mass is 10.2. The quantitative estimate of drug-likeness (QED) is 0.772. The van der Waals surface area contributed by atoms with E-state index in [9.17, 15) is 14.0 Å². The smallest absolute Gasteiger partial charge is 0.335 e. The number of nitrogens with zero attached hydrogens (tertiary/aromatic N) is 2. The highest BCUT2D eigenvalue weighted by Crippen LogP contribution is 2.12. The molecule has 0 aliphatic heterocycles. The van der Waals surface area contributed by atoms with Gasteiger partial charge >= 0.3 is 5.97 Å². The summed E-state index contributed by atoms with van der Waals surface area (Å²) >= 11 is 0. The van der Waals surface area contributed by atoms with Crippen LogP contribution in [0.4, 0.5) is 4.39 Å². The normalized spacial score (nSPS) is 10.4. The Balaban J connectivity index is 1.82. The zero-order valence-electron chi connectivity index (χ0n) is 12.9. The van der Waals surface area contributed by atoms with E-state index in [2.05, 4.69) is 5.10 Å². The Labute approximate surface area is 141 Å². The average molecular weight is 340 g/mol. The van der Waals surface area contributed by atoms with E-state index in [0.717, 1.165) is 4.68 Å². The van der Waals surface area contributed by atoms with Crippen molar-refractivity contribution in [1.82, 2.24) is 9.78 Å². The minimum Gasteiger partial charge on any atom is -0.478 e. The lowest BCUT2D eigenvalue weighted by Crippen LogP contribution is -2.20. The van der Waals surface area contributed by atoms with E-state index in [-0.39, 0.29) is 29.4 Å². The van der Waals surface area contributed by atoms with Crippen LogP contribution in [0.5, 0.6) is 5.88 Å². The number of benzene rings is 2. The van der Waals surface area contributed by atoms with Crippen molar-refractivity contribution in [2.45, 2.75) is 6.61 Å². The summed E-state index contributed by atoms with van der Waals surface area (Å²) in [6.45, 7) is 0.0981. The molecule has 0 fully saturated rings. The Morgan fingerprint density at radius 3 is 2.56 bits per heavy atom. The summed E-state index contributed by atoms with van der Waals surface area (Å²) in [4.78, 5) is 22.9. The van der Waals surface area contributed by atoms with Crippen LogP contribution in [0, 0.1) is 5.82 Å². The fraction of sp³-hybridized carbons (Fsp3) is 0.0556. The molecule has 0 saturated heterocycles. The molecule has 2 aromatic carbocycles. The first-order valence-electron chi connectivity index (χ1n) is 7.34. The van der Waals surface area contributed by atoms with E-state index in [1.54, 1.807) is 12.1 Å². The molecule has 1 heterocycles. The van der Waals surface area contributed by atoms with Crippen molar-refractivity contribution in [2.24, 2.45) is 0 Å². The molecule has 1 N–H and O–H groups in total. The number of halogens is 1. The van der Waals surface area contributed by atoms with Gasteiger partial charge in [0.15, 0.2) is 0 Å². The molecule has 0 radical (unpaired) electrons. The standard InChI is InChI=1S/C18H13FN2O4/c19-14-3-1-2-12(10-14)11-25-16-8-9-17(22)21(20-16)15-6-4-13(5-7-15)18(23)24/h1-10H,11H2,(H,23,24). The van der Waals surface area contributed by atoms with Gasteiger partial charge in [0.2, 0.25) is 5.88 Å². The van der Waals surface area contributed by atoms with Gasteiger partial charge in [0.25, 0.3) is 5.56 Å². The van der Waals surface area contributed by atoms with Gasteiger partial charge in [-0.15, -0.1) is 5.10 Å². The van der Waals surface area contributed by atoms with Crippen LogP contribution in [0.3, 0.4) is 0 Å².